The van der Waals surface area contributed by atoms with Crippen LogP contribution in [-0.4, -0.2) is 13.1 Å². The Hall–Kier alpha value is -0.960. The van der Waals surface area contributed by atoms with Gasteiger partial charge >= 0.3 is 0 Å². The van der Waals surface area contributed by atoms with Crippen LogP contribution in [0.5, 0.6) is 0 Å². The van der Waals surface area contributed by atoms with Gasteiger partial charge in [0.25, 0.3) is 5.92 Å². The third-order valence-corrected chi connectivity index (χ3v) is 4.36. The summed E-state index contributed by atoms with van der Waals surface area (Å²) in [7, 11) is 1.99. The highest BCUT2D eigenvalue weighted by molar-refractivity contribution is 5.29. The summed E-state index contributed by atoms with van der Waals surface area (Å²) in [4.78, 5) is 0. The van der Waals surface area contributed by atoms with E-state index >= 15 is 0 Å². The zero-order valence-corrected chi connectivity index (χ0v) is 11.8. The minimum atomic E-state index is -2.70. The van der Waals surface area contributed by atoms with Crippen molar-refractivity contribution in [2.45, 2.75) is 56.9 Å². The van der Waals surface area contributed by atoms with Crippen LogP contribution in [0, 0.1) is 0 Å². The predicted octanol–water partition coefficient (Wildman–Crippen LogP) is 4.43. The molecule has 1 aliphatic carbocycles. The summed E-state index contributed by atoms with van der Waals surface area (Å²) in [6, 6.07) is 7.63. The van der Waals surface area contributed by atoms with Gasteiger partial charge in [-0.1, -0.05) is 25.1 Å². The lowest BCUT2D eigenvalue weighted by atomic mass is 9.81. The Labute approximate surface area is 114 Å². The van der Waals surface area contributed by atoms with E-state index in [4.69, 9.17) is 0 Å². The van der Waals surface area contributed by atoms with E-state index in [2.05, 4.69) is 5.32 Å². The normalized spacial score (nSPS) is 24.4. The smallest absolute Gasteiger partial charge is 0.273 e. The minimum absolute atomic E-state index is 0.136. The summed E-state index contributed by atoms with van der Waals surface area (Å²) < 4.78 is 27.5. The maximum Gasteiger partial charge on any atom is 0.273 e. The van der Waals surface area contributed by atoms with Gasteiger partial charge in [-0.05, 0) is 50.3 Å². The summed E-state index contributed by atoms with van der Waals surface area (Å²) in [5, 5.41) is 3.30. The summed E-state index contributed by atoms with van der Waals surface area (Å²) >= 11 is 0. The second-order valence-corrected chi connectivity index (χ2v) is 5.52. The molecule has 0 heterocycles. The van der Waals surface area contributed by atoms with Crippen molar-refractivity contribution in [2.24, 2.45) is 0 Å². The first-order valence-corrected chi connectivity index (χ1v) is 7.22. The fraction of sp³-hybridized carbons (Fsp3) is 0.625. The molecule has 0 spiro atoms. The highest BCUT2D eigenvalue weighted by Crippen LogP contribution is 2.36. The van der Waals surface area contributed by atoms with Gasteiger partial charge in [-0.3, -0.25) is 0 Å². The largest absolute Gasteiger partial charge is 0.317 e. The molecule has 19 heavy (non-hydrogen) atoms. The maximum absolute atomic E-state index is 13.7. The van der Waals surface area contributed by atoms with Gasteiger partial charge in [0, 0.05) is 18.0 Å². The van der Waals surface area contributed by atoms with Gasteiger partial charge in [-0.25, -0.2) is 8.78 Å². The Morgan fingerprint density at radius 2 is 1.89 bits per heavy atom. The Bertz CT molecular complexity index is 409. The molecule has 0 atom stereocenters. The Balaban J connectivity index is 2.12. The van der Waals surface area contributed by atoms with E-state index in [-0.39, 0.29) is 12.0 Å². The van der Waals surface area contributed by atoms with Crippen molar-refractivity contribution >= 4 is 0 Å². The van der Waals surface area contributed by atoms with Gasteiger partial charge in [0.2, 0.25) is 0 Å². The average Bonchev–Trinajstić information content (AvgIpc) is 2.47. The number of benzene rings is 1. The molecule has 0 amide bonds. The van der Waals surface area contributed by atoms with Crippen molar-refractivity contribution in [1.82, 2.24) is 5.32 Å². The van der Waals surface area contributed by atoms with E-state index in [1.165, 1.54) is 6.92 Å². The molecule has 1 aromatic rings. The Morgan fingerprint density at radius 3 is 2.47 bits per heavy atom. The molecule has 1 saturated carbocycles. The summed E-state index contributed by atoms with van der Waals surface area (Å²) in [6.45, 7) is 1.53. The molecule has 1 nitrogen and oxygen atoms in total. The highest BCUT2D eigenvalue weighted by atomic mass is 19.3. The lowest BCUT2D eigenvalue weighted by molar-refractivity contribution is -0.00839. The summed E-state index contributed by atoms with van der Waals surface area (Å²) in [5.41, 5.74) is 1.25. The molecule has 0 bridgehead atoms. The number of hydrogen-bond acceptors (Lipinski definition) is 1. The molecule has 0 aliphatic heterocycles. The quantitative estimate of drug-likeness (QED) is 0.850. The number of rotatable bonds is 4. The van der Waals surface area contributed by atoms with Crippen LogP contribution in [0.15, 0.2) is 24.3 Å². The van der Waals surface area contributed by atoms with E-state index in [0.717, 1.165) is 31.2 Å². The van der Waals surface area contributed by atoms with Gasteiger partial charge in [-0.2, -0.15) is 0 Å². The topological polar surface area (TPSA) is 12.0 Å². The van der Waals surface area contributed by atoms with Crippen LogP contribution in [-0.2, 0) is 5.92 Å². The van der Waals surface area contributed by atoms with E-state index in [1.807, 2.05) is 13.1 Å². The SMILES string of the molecule is CCC(F)(F)c1cccc(C2CCC(NC)CC2)c1. The molecule has 3 heteroatoms. The number of nitrogens with one attached hydrogen (secondary N) is 1. The molecule has 1 aliphatic rings. The molecular weight excluding hydrogens is 244 g/mol. The van der Waals surface area contributed by atoms with E-state index in [1.54, 1.807) is 18.2 Å². The molecule has 106 valence electrons. The van der Waals surface area contributed by atoms with Crippen molar-refractivity contribution in [2.75, 3.05) is 7.05 Å². The first-order valence-electron chi connectivity index (χ1n) is 7.22. The van der Waals surface area contributed by atoms with Gasteiger partial charge < -0.3 is 5.32 Å². The van der Waals surface area contributed by atoms with Gasteiger partial charge in [0.1, 0.15) is 0 Å². The number of hydrogen-bond donors (Lipinski definition) is 1. The van der Waals surface area contributed by atoms with Crippen LogP contribution in [0.4, 0.5) is 8.78 Å². The van der Waals surface area contributed by atoms with Crippen LogP contribution in [0.25, 0.3) is 0 Å². The second-order valence-electron chi connectivity index (χ2n) is 5.52. The van der Waals surface area contributed by atoms with Gasteiger partial charge in [0.15, 0.2) is 0 Å². The van der Waals surface area contributed by atoms with E-state index in [9.17, 15) is 8.78 Å². The zero-order chi connectivity index (χ0) is 13.9. The van der Waals surface area contributed by atoms with Crippen LogP contribution in [0.2, 0.25) is 0 Å². The lowest BCUT2D eigenvalue weighted by Crippen LogP contribution is -2.29. The fourth-order valence-corrected chi connectivity index (χ4v) is 2.94. The Morgan fingerprint density at radius 1 is 1.21 bits per heavy atom. The molecule has 1 aromatic carbocycles. The summed E-state index contributed by atoms with van der Waals surface area (Å²) in [6.07, 6.45) is 4.31. The van der Waals surface area contributed by atoms with E-state index in [0.29, 0.717) is 12.0 Å². The second kappa shape index (κ2) is 6.00. The van der Waals surface area contributed by atoms with Crippen molar-refractivity contribution < 1.29 is 8.78 Å². The number of alkyl halides is 2. The first kappa shape index (κ1) is 14.4. The van der Waals surface area contributed by atoms with Crippen LogP contribution >= 0.6 is 0 Å². The summed E-state index contributed by atoms with van der Waals surface area (Å²) in [5.74, 6) is -2.25. The standard InChI is InChI=1S/C16H23F2N/c1-3-16(17,18)14-6-4-5-13(11-14)12-7-9-15(19-2)10-8-12/h4-6,11-12,15,19H,3,7-10H2,1-2H3. The molecule has 1 N–H and O–H groups in total. The minimum Gasteiger partial charge on any atom is -0.317 e. The maximum atomic E-state index is 13.7. The average molecular weight is 267 g/mol. The van der Waals surface area contributed by atoms with Crippen LogP contribution in [0.1, 0.15) is 56.1 Å². The molecule has 1 fully saturated rings. The molecule has 0 radical (unpaired) electrons. The van der Waals surface area contributed by atoms with E-state index < -0.39 is 5.92 Å². The predicted molar refractivity (Wildman–Crippen MR) is 74.7 cm³/mol. The third-order valence-electron chi connectivity index (χ3n) is 4.36. The van der Waals surface area contributed by atoms with Crippen LogP contribution in [0.3, 0.4) is 0 Å². The van der Waals surface area contributed by atoms with Crippen molar-refractivity contribution in [1.29, 1.82) is 0 Å². The van der Waals surface area contributed by atoms with Crippen LogP contribution < -0.4 is 5.32 Å². The fourth-order valence-electron chi connectivity index (χ4n) is 2.94. The molecular formula is C16H23F2N. The molecule has 0 unspecified atom stereocenters. The number of halogens is 2. The zero-order valence-electron chi connectivity index (χ0n) is 11.8. The van der Waals surface area contributed by atoms with Crippen molar-refractivity contribution in [3.8, 4) is 0 Å². The first-order chi connectivity index (χ1) is 9.06. The van der Waals surface area contributed by atoms with Crippen molar-refractivity contribution in [3.63, 3.8) is 0 Å². The van der Waals surface area contributed by atoms with Crippen molar-refractivity contribution in [3.05, 3.63) is 35.4 Å². The Kier molecular flexibility index (Phi) is 4.56. The molecule has 0 aromatic heterocycles. The molecule has 0 saturated heterocycles. The lowest BCUT2D eigenvalue weighted by Gasteiger charge is -2.29. The molecule has 2 rings (SSSR count). The van der Waals surface area contributed by atoms with Gasteiger partial charge in [-0.15, -0.1) is 0 Å². The third kappa shape index (κ3) is 3.33. The van der Waals surface area contributed by atoms with Gasteiger partial charge in [0.05, 0.1) is 0 Å². The monoisotopic (exact) mass is 267 g/mol. The highest BCUT2D eigenvalue weighted by Gasteiger charge is 2.30.